The van der Waals surface area contributed by atoms with Gasteiger partial charge in [0.25, 0.3) is 5.91 Å². The summed E-state index contributed by atoms with van der Waals surface area (Å²) >= 11 is 0. The zero-order valence-electron chi connectivity index (χ0n) is 17.0. The molecule has 0 unspecified atom stereocenters. The van der Waals surface area contributed by atoms with Crippen molar-refractivity contribution in [2.45, 2.75) is 56.9 Å². The molecule has 2 N–H and O–H groups in total. The number of nitrogens with zero attached hydrogens (tertiary/aromatic N) is 1. The lowest BCUT2D eigenvalue weighted by Gasteiger charge is -2.38. The summed E-state index contributed by atoms with van der Waals surface area (Å²) in [6.07, 6.45) is 1.07. The van der Waals surface area contributed by atoms with E-state index in [2.05, 4.69) is 0 Å². The molecule has 0 radical (unpaired) electrons. The number of hydrogen-bond acceptors (Lipinski definition) is 4. The molecule has 0 bridgehead atoms. The number of rotatable bonds is 3. The van der Waals surface area contributed by atoms with Crippen molar-refractivity contribution in [1.82, 2.24) is 4.90 Å². The first-order valence-electron chi connectivity index (χ1n) is 10.3. The molecule has 154 valence electrons. The zero-order chi connectivity index (χ0) is 20.6. The molecular formula is C24H29NO4. The number of hydrogen-bond donors (Lipinski definition) is 2. The summed E-state index contributed by atoms with van der Waals surface area (Å²) in [6, 6.07) is 16.9. The minimum atomic E-state index is -0.864. The maximum Gasteiger partial charge on any atom is 0.258 e. The van der Waals surface area contributed by atoms with Crippen LogP contribution in [0.1, 0.15) is 54.6 Å². The number of aliphatic hydroxyl groups is 2. The van der Waals surface area contributed by atoms with Gasteiger partial charge in [0.05, 0.1) is 30.9 Å². The van der Waals surface area contributed by atoms with E-state index in [1.54, 1.807) is 19.2 Å². The molecule has 1 heterocycles. The number of aliphatic hydroxyl groups excluding tert-OH is 2. The Labute approximate surface area is 171 Å². The first kappa shape index (κ1) is 19.9. The van der Waals surface area contributed by atoms with Crippen LogP contribution >= 0.6 is 0 Å². The van der Waals surface area contributed by atoms with Crippen LogP contribution in [0.2, 0.25) is 0 Å². The van der Waals surface area contributed by atoms with E-state index in [4.69, 9.17) is 4.74 Å². The number of fused-ring (bicyclic) bond motifs is 1. The SMILES string of the molecule is COc1ccccc1C(=O)N1[C@@H](c2ccccc2)C[C@@]2(C)[C@@H](O)[C@H](O)CCC[C@@H]12. The van der Waals surface area contributed by atoms with E-state index in [0.717, 1.165) is 18.4 Å². The Morgan fingerprint density at radius 1 is 1.07 bits per heavy atom. The van der Waals surface area contributed by atoms with Gasteiger partial charge in [-0.25, -0.2) is 0 Å². The number of amides is 1. The van der Waals surface area contributed by atoms with Gasteiger partial charge in [0.15, 0.2) is 0 Å². The fraction of sp³-hybridized carbons (Fsp3) is 0.458. The Morgan fingerprint density at radius 2 is 1.76 bits per heavy atom. The number of para-hydroxylation sites is 1. The number of carbonyl (C=O) groups is 1. The highest BCUT2D eigenvalue weighted by Crippen LogP contribution is 2.54. The number of ether oxygens (including phenoxy) is 1. The molecule has 2 aromatic carbocycles. The first-order valence-corrected chi connectivity index (χ1v) is 10.3. The molecular weight excluding hydrogens is 366 g/mol. The number of benzene rings is 2. The van der Waals surface area contributed by atoms with E-state index >= 15 is 0 Å². The maximum atomic E-state index is 13.8. The van der Waals surface area contributed by atoms with E-state index in [9.17, 15) is 15.0 Å². The Hall–Kier alpha value is -2.37. The normalized spacial score (nSPS) is 31.8. The van der Waals surface area contributed by atoms with Crippen LogP contribution in [0.15, 0.2) is 54.6 Å². The molecule has 1 amide bonds. The van der Waals surface area contributed by atoms with Crippen LogP contribution in [0, 0.1) is 5.41 Å². The summed E-state index contributed by atoms with van der Waals surface area (Å²) < 4.78 is 5.45. The third-order valence-corrected chi connectivity index (χ3v) is 6.84. The number of likely N-dealkylation sites (tertiary alicyclic amines) is 1. The van der Waals surface area contributed by atoms with Gasteiger partial charge in [0.1, 0.15) is 5.75 Å². The monoisotopic (exact) mass is 395 g/mol. The fourth-order valence-corrected chi connectivity index (χ4v) is 5.29. The highest BCUT2D eigenvalue weighted by molar-refractivity contribution is 5.97. The molecule has 5 heteroatoms. The van der Waals surface area contributed by atoms with Gasteiger partial charge in [0, 0.05) is 11.5 Å². The molecule has 1 saturated heterocycles. The molecule has 1 aliphatic heterocycles. The Morgan fingerprint density at radius 3 is 2.48 bits per heavy atom. The minimum Gasteiger partial charge on any atom is -0.496 e. The molecule has 2 fully saturated rings. The van der Waals surface area contributed by atoms with Crippen molar-refractivity contribution in [2.75, 3.05) is 7.11 Å². The van der Waals surface area contributed by atoms with Crippen molar-refractivity contribution < 1.29 is 19.7 Å². The molecule has 1 saturated carbocycles. The van der Waals surface area contributed by atoms with Crippen molar-refractivity contribution >= 4 is 5.91 Å². The highest BCUT2D eigenvalue weighted by atomic mass is 16.5. The summed E-state index contributed by atoms with van der Waals surface area (Å²) in [5.41, 5.74) is 1.000. The summed E-state index contributed by atoms with van der Waals surface area (Å²) in [4.78, 5) is 15.7. The lowest BCUT2D eigenvalue weighted by atomic mass is 9.74. The van der Waals surface area contributed by atoms with E-state index in [-0.39, 0.29) is 18.0 Å². The first-order chi connectivity index (χ1) is 14.0. The maximum absolute atomic E-state index is 13.8. The van der Waals surface area contributed by atoms with Crippen LogP contribution in [0.25, 0.3) is 0 Å². The Kier molecular flexibility index (Phi) is 5.36. The molecule has 0 spiro atoms. The third-order valence-electron chi connectivity index (χ3n) is 6.84. The summed E-state index contributed by atoms with van der Waals surface area (Å²) in [7, 11) is 1.57. The third kappa shape index (κ3) is 3.32. The zero-order valence-corrected chi connectivity index (χ0v) is 17.0. The van der Waals surface area contributed by atoms with Crippen LogP contribution in [-0.4, -0.2) is 46.4 Å². The van der Waals surface area contributed by atoms with Crippen molar-refractivity contribution in [1.29, 1.82) is 0 Å². The smallest absolute Gasteiger partial charge is 0.258 e. The molecule has 29 heavy (non-hydrogen) atoms. The molecule has 1 aliphatic carbocycles. The quantitative estimate of drug-likeness (QED) is 0.834. The van der Waals surface area contributed by atoms with E-state index in [1.807, 2.05) is 54.3 Å². The van der Waals surface area contributed by atoms with Gasteiger partial charge in [0.2, 0.25) is 0 Å². The van der Waals surface area contributed by atoms with E-state index in [0.29, 0.717) is 24.2 Å². The van der Waals surface area contributed by atoms with Gasteiger partial charge in [-0.3, -0.25) is 4.79 Å². The standard InChI is InChI=1S/C24H29NO4/c1-24-15-18(16-9-4-3-5-10-16)25(21(24)14-8-12-19(26)22(24)27)23(28)17-11-6-7-13-20(17)29-2/h3-7,9-11,13,18-19,21-22,26-27H,8,12,14-15H2,1-2H3/t18-,19-,21-,22+,24-/m1/s1. The molecule has 2 aliphatic rings. The van der Waals surface area contributed by atoms with E-state index in [1.165, 1.54) is 0 Å². The average molecular weight is 395 g/mol. The number of carbonyl (C=O) groups excluding carboxylic acids is 1. The topological polar surface area (TPSA) is 70.0 Å². The van der Waals surface area contributed by atoms with Gasteiger partial charge >= 0.3 is 0 Å². The second kappa shape index (κ2) is 7.81. The predicted molar refractivity (Wildman–Crippen MR) is 111 cm³/mol. The lowest BCUT2D eigenvalue weighted by molar-refractivity contribution is -0.0612. The predicted octanol–water partition coefficient (Wildman–Crippen LogP) is 3.56. The Balaban J connectivity index is 1.82. The second-order valence-electron chi connectivity index (χ2n) is 8.51. The van der Waals surface area contributed by atoms with Crippen LogP contribution in [0.3, 0.4) is 0 Å². The molecule has 0 aromatic heterocycles. The summed E-state index contributed by atoms with van der Waals surface area (Å²) in [5, 5.41) is 21.5. The van der Waals surface area contributed by atoms with Gasteiger partial charge in [-0.2, -0.15) is 0 Å². The minimum absolute atomic E-state index is 0.0892. The molecule has 4 rings (SSSR count). The number of methoxy groups -OCH3 is 1. The van der Waals surface area contributed by atoms with Crippen molar-refractivity contribution in [3.8, 4) is 5.75 Å². The summed E-state index contributed by atoms with van der Waals surface area (Å²) in [5.74, 6) is 0.459. The largest absolute Gasteiger partial charge is 0.496 e. The Bertz CT molecular complexity index is 870. The van der Waals surface area contributed by atoms with E-state index < -0.39 is 17.6 Å². The summed E-state index contributed by atoms with van der Waals surface area (Å²) in [6.45, 7) is 2.02. The molecule has 5 nitrogen and oxygen atoms in total. The van der Waals surface area contributed by atoms with Crippen LogP contribution in [-0.2, 0) is 0 Å². The van der Waals surface area contributed by atoms with Gasteiger partial charge in [-0.05, 0) is 43.4 Å². The highest BCUT2D eigenvalue weighted by Gasteiger charge is 2.57. The molecule has 2 aromatic rings. The van der Waals surface area contributed by atoms with Gasteiger partial charge in [-0.1, -0.05) is 49.4 Å². The van der Waals surface area contributed by atoms with Crippen LogP contribution in [0.5, 0.6) is 5.75 Å². The van der Waals surface area contributed by atoms with Crippen LogP contribution in [0.4, 0.5) is 0 Å². The average Bonchev–Trinajstić information content (AvgIpc) is 3.01. The molecule has 5 atom stereocenters. The second-order valence-corrected chi connectivity index (χ2v) is 8.51. The van der Waals surface area contributed by atoms with Crippen molar-refractivity contribution in [2.24, 2.45) is 5.41 Å². The van der Waals surface area contributed by atoms with Gasteiger partial charge in [-0.15, -0.1) is 0 Å². The van der Waals surface area contributed by atoms with Crippen molar-refractivity contribution in [3.05, 3.63) is 65.7 Å². The van der Waals surface area contributed by atoms with Gasteiger partial charge < -0.3 is 19.8 Å². The fourth-order valence-electron chi connectivity index (χ4n) is 5.29. The van der Waals surface area contributed by atoms with Crippen molar-refractivity contribution in [3.63, 3.8) is 0 Å². The van der Waals surface area contributed by atoms with Crippen LogP contribution < -0.4 is 4.74 Å². The lowest BCUT2D eigenvalue weighted by Crippen LogP contribution is -2.49.